The van der Waals surface area contributed by atoms with Crippen molar-refractivity contribution in [2.75, 3.05) is 41.0 Å². The molecule has 6 aromatic rings. The van der Waals surface area contributed by atoms with Crippen LogP contribution in [0, 0.1) is 51.8 Å². The zero-order valence-corrected chi connectivity index (χ0v) is 83.0. The van der Waals surface area contributed by atoms with Gasteiger partial charge in [-0.05, 0) is 160 Å². The second-order valence-electron chi connectivity index (χ2n) is 39.9. The van der Waals surface area contributed by atoms with Gasteiger partial charge in [-0.15, -0.1) is 0 Å². The molecule has 30 nitrogen and oxygen atoms in total. The van der Waals surface area contributed by atoms with Gasteiger partial charge in [0.25, 0.3) is 0 Å². The number of halogens is 12. The SMILES string of the molecule is COc1ccc2nc3c(nc2c1)O[C@H]1CN(C(=O)[C@H](C(C)(C)C)NC(=O)O[C@@H]2CCC[C@H]2CCCC(F)(F)C3(F)F)[C@H]([C-]=O)[C@@H]1C.COc1ccc2nc3c(nc2c1)O[C@H]1CN(C(=O)[C@H](C(C)(C)C)NC(=O)O[C@@H]2C[C@H]2CCCC(F)(F)C3(F)F)[C@H]([C-]=O)[C@@H]1C.COc1ccc2nc3c(nc2c1)O[C@H]1CN(C(=O)[C@H](C(C)(C)C)NC(=O)O[C@]2(C)C[C@H]2CCCC(F)(F)C3(F)F)[C@H]([C-]=O)[C@@H]1C.[V].[V].[V]. The summed E-state index contributed by atoms with van der Waals surface area (Å²) in [4.78, 5) is 145. The van der Waals surface area contributed by atoms with Crippen LogP contribution in [0.4, 0.5) is 67.1 Å². The van der Waals surface area contributed by atoms with Gasteiger partial charge in [0.1, 0.15) is 71.5 Å². The summed E-state index contributed by atoms with van der Waals surface area (Å²) in [5, 5.41) is 7.89. The first-order valence-electron chi connectivity index (χ1n) is 44.9. The predicted molar refractivity (Wildman–Crippen MR) is 459 cm³/mol. The molecule has 753 valence electrons. The Balaban J connectivity index is 0.000000211. The van der Waals surface area contributed by atoms with Crippen molar-refractivity contribution < 1.29 is 194 Å². The molecule has 3 saturated heterocycles. The maximum absolute atomic E-state index is 16.0. The summed E-state index contributed by atoms with van der Waals surface area (Å²) in [6.07, 6.45) is -3.29. The zero-order chi connectivity index (χ0) is 98.9. The van der Waals surface area contributed by atoms with E-state index in [0.717, 1.165) is 14.7 Å². The fourth-order valence-electron chi connectivity index (χ4n) is 18.5. The van der Waals surface area contributed by atoms with E-state index in [0.29, 0.717) is 49.4 Å². The van der Waals surface area contributed by atoms with E-state index in [1.807, 2.05) is 18.9 Å². The summed E-state index contributed by atoms with van der Waals surface area (Å²) < 4.78 is 238. The number of nitrogens with one attached hydrogen (secondary N) is 3. The van der Waals surface area contributed by atoms with E-state index in [4.69, 9.17) is 42.6 Å². The van der Waals surface area contributed by atoms with E-state index in [9.17, 15) is 43.2 Å². The number of hydrogen-bond acceptors (Lipinski definition) is 24. The van der Waals surface area contributed by atoms with E-state index < -0.39 is 232 Å². The molecule has 6 aliphatic heterocycles. The normalized spacial score (nSPS) is 30.2. The molecule has 3 aromatic heterocycles. The average molecular weight is 2070 g/mol. The van der Waals surface area contributed by atoms with Crippen LogP contribution in [-0.2, 0) is 116 Å². The van der Waals surface area contributed by atoms with Crippen LogP contribution in [0.5, 0.6) is 34.9 Å². The fourth-order valence-corrected chi connectivity index (χ4v) is 18.5. The Labute approximate surface area is 824 Å². The first kappa shape index (κ1) is 111. The Morgan fingerprint density at radius 3 is 1.01 bits per heavy atom. The number of methoxy groups -OCH3 is 3. The number of carbonyl (C=O) groups is 6. The monoisotopic (exact) mass is 2060 g/mol. The number of amides is 6. The molecule has 6 bridgehead atoms. The van der Waals surface area contributed by atoms with E-state index in [1.165, 1.54) is 75.9 Å². The van der Waals surface area contributed by atoms with E-state index in [2.05, 4.69) is 45.9 Å². The molecule has 3 aromatic carbocycles. The van der Waals surface area contributed by atoms with Crippen LogP contribution >= 0.6 is 0 Å². The van der Waals surface area contributed by atoms with Gasteiger partial charge in [-0.25, -0.2) is 63.1 Å². The third kappa shape index (κ3) is 22.9. The summed E-state index contributed by atoms with van der Waals surface area (Å²) in [7, 11) is 4.17. The number of fused-ring (bicyclic) bond motifs is 15. The molecule has 9 heterocycles. The third-order valence-corrected chi connectivity index (χ3v) is 27.1. The summed E-state index contributed by atoms with van der Waals surface area (Å²) >= 11 is 0. The predicted octanol–water partition coefficient (Wildman–Crippen LogP) is 15.5. The van der Waals surface area contributed by atoms with Crippen LogP contribution in [0.25, 0.3) is 33.1 Å². The van der Waals surface area contributed by atoms with Gasteiger partial charge in [0.05, 0.1) is 74.1 Å². The van der Waals surface area contributed by atoms with Crippen molar-refractivity contribution in [3.8, 4) is 34.9 Å². The Bertz CT molecular complexity index is 5500. The average Bonchev–Trinajstić information content (AvgIpc) is 1.22. The Hall–Kier alpha value is -9.38. The summed E-state index contributed by atoms with van der Waals surface area (Å²) in [5.41, 5.74) is -7.62. The van der Waals surface area contributed by atoms with Gasteiger partial charge >= 0.3 is 53.8 Å². The molecular formula is C93H111F12N12O18V3-3. The minimum Gasteiger partial charge on any atom is -0.540 e. The number of alkyl carbamates (subject to hydrolysis) is 3. The number of carbonyl (C=O) groups excluding carboxylic acids is 9. The van der Waals surface area contributed by atoms with Gasteiger partial charge in [-0.2, -0.15) is 52.7 Å². The molecule has 0 spiro atoms. The number of ether oxygens (including phenoxy) is 9. The molecule has 45 heteroatoms. The van der Waals surface area contributed by atoms with Gasteiger partial charge < -0.3 is 87.7 Å². The van der Waals surface area contributed by atoms with Gasteiger partial charge in [0.15, 0.2) is 17.1 Å². The smallest absolute Gasteiger partial charge is 0.408 e. The fraction of sp³-hybridized carbons (Fsp3) is 0.645. The molecule has 6 amide bonds. The number of hydrogen-bond donors (Lipinski definition) is 3. The van der Waals surface area contributed by atoms with E-state index in [1.54, 1.807) is 90.0 Å². The van der Waals surface area contributed by atoms with Crippen LogP contribution in [0.2, 0.25) is 0 Å². The molecule has 138 heavy (non-hydrogen) atoms. The standard InChI is InChI=1S/C32H39F4N4O6.C31H37F4N4O6.C30H35F4N4O6.3V/c1-17-22(16-41)40-15-24(17)45-27-25(37-20-12-11-19(44-5)14-21(20)38-27)32(35,36)31(33,34)13-7-9-18-8-6-10-23(18)46-29(43)39-26(28(40)42)30(2,3)4;1-16-21(15-40)39-14-22(16)44-25-23(36-19-10-9-18(43-6)12-20(19)37-25)31(34,35)30(32,33)11-7-8-17-13-29(17,5)45-27(42)38-24(26(39)41)28(2,3)4;1-15-20(14-39)38-13-22(15)43-25-23(35-18-9-8-17(42-5)12-19(18)36-25)30(33,34)29(31,32)10-6-7-16-11-21(16)44-27(41)37-24(26(38)40)28(2,3)4;;;/h11-12,14,17-18,22-24,26H,6-10,13,15H2,1-5H3,(H,39,43);9-10,12,16-17,21-22,24H,7-8,11,13-14H2,1-6H3,(H,38,42);8-9,12,15-16,20-22,24H,6-7,10-11,13H2,1-5H3,(H,37,41);;;/q3*-1;;;/t17-,18-,22+,23+,24-,26+;16-,17+,21+,22-,24+,29+;15-,16+,20+,21+,22-,24+;;;/m000.../s1. The Kier molecular flexibility index (Phi) is 33.7. The molecule has 3 N–H and O–H groups in total. The van der Waals surface area contributed by atoms with Crippen molar-refractivity contribution in [1.29, 1.82) is 0 Å². The van der Waals surface area contributed by atoms with Gasteiger partial charge in [0.2, 0.25) is 35.4 Å². The summed E-state index contributed by atoms with van der Waals surface area (Å²) in [5.74, 6) is -34.9. The first-order valence-corrected chi connectivity index (χ1v) is 44.9. The van der Waals surface area contributed by atoms with Crippen LogP contribution in [-0.4, -0.2) is 231 Å². The Morgan fingerprint density at radius 1 is 0.391 bits per heavy atom. The molecule has 15 rings (SSSR count). The summed E-state index contributed by atoms with van der Waals surface area (Å²) in [6.45, 7) is 20.9. The minimum atomic E-state index is -4.80. The van der Waals surface area contributed by atoms with Crippen molar-refractivity contribution >= 4 is 88.0 Å². The molecule has 3 saturated carbocycles. The topological polar surface area (TPSA) is 360 Å². The van der Waals surface area contributed by atoms with Crippen LogP contribution in [0.1, 0.15) is 197 Å². The number of rotatable bonds is 6. The molecule has 9 aliphatic rings. The minimum absolute atomic E-state index is 0. The largest absolute Gasteiger partial charge is 0.540 e. The van der Waals surface area contributed by atoms with Crippen molar-refractivity contribution in [3.05, 3.63) is 71.7 Å². The second kappa shape index (κ2) is 42.0. The number of benzene rings is 3. The van der Waals surface area contributed by atoms with Crippen molar-refractivity contribution in [2.45, 2.75) is 288 Å². The maximum atomic E-state index is 16.0. The third-order valence-electron chi connectivity index (χ3n) is 27.1. The first-order chi connectivity index (χ1) is 63.0. The van der Waals surface area contributed by atoms with Crippen LogP contribution < -0.4 is 44.4 Å². The molecule has 6 fully saturated rings. The second-order valence-corrected chi connectivity index (χ2v) is 39.9. The van der Waals surface area contributed by atoms with E-state index >= 15 is 52.7 Å². The Morgan fingerprint density at radius 2 is 0.696 bits per heavy atom. The molecule has 18 atom stereocenters. The maximum Gasteiger partial charge on any atom is 0.408 e. The molecule has 3 aliphatic carbocycles. The molecule has 0 unspecified atom stereocenters. The van der Waals surface area contributed by atoms with Crippen LogP contribution in [0.3, 0.4) is 0 Å². The number of aromatic nitrogens is 6. The molecule has 3 radical (unpaired) electrons. The van der Waals surface area contributed by atoms with Gasteiger partial charge in [0, 0.05) is 99.0 Å². The number of nitrogens with zero attached hydrogens (tertiary/aromatic N) is 9. The van der Waals surface area contributed by atoms with Gasteiger partial charge in [-0.1, -0.05) is 101 Å². The zero-order valence-electron chi connectivity index (χ0n) is 78.8. The summed E-state index contributed by atoms with van der Waals surface area (Å²) in [6, 6.07) is 5.52. The molecular weight excluding hydrogens is 1950 g/mol. The van der Waals surface area contributed by atoms with Crippen molar-refractivity contribution in [3.63, 3.8) is 0 Å². The van der Waals surface area contributed by atoms with Crippen molar-refractivity contribution in [1.82, 2.24) is 60.6 Å². The van der Waals surface area contributed by atoms with E-state index in [-0.39, 0.29) is 165 Å². The van der Waals surface area contributed by atoms with Gasteiger partial charge in [-0.3, -0.25) is 14.4 Å². The quantitative estimate of drug-likeness (QED) is 0.0792. The van der Waals surface area contributed by atoms with Crippen molar-refractivity contribution in [2.24, 2.45) is 51.8 Å². The van der Waals surface area contributed by atoms with Crippen LogP contribution in [0.15, 0.2) is 54.6 Å². The number of alkyl halides is 12.